The molecule has 0 bridgehead atoms. The van der Waals surface area contributed by atoms with Gasteiger partial charge in [0.05, 0.1) is 17.5 Å². The summed E-state index contributed by atoms with van der Waals surface area (Å²) in [6.45, 7) is -0.467. The van der Waals surface area contributed by atoms with Crippen LogP contribution in [0.3, 0.4) is 0 Å². The van der Waals surface area contributed by atoms with E-state index in [1.54, 1.807) is 0 Å². The SMILES string of the molecule is N/C(=N/O)c1ccc(OCCC(F)(F)F)c(Br)c1. The van der Waals surface area contributed by atoms with Crippen molar-refractivity contribution in [2.75, 3.05) is 6.61 Å². The molecule has 0 unspecified atom stereocenters. The highest BCUT2D eigenvalue weighted by Gasteiger charge is 2.26. The van der Waals surface area contributed by atoms with Crippen LogP contribution < -0.4 is 10.5 Å². The number of ether oxygens (including phenoxy) is 1. The molecule has 8 heteroatoms. The summed E-state index contributed by atoms with van der Waals surface area (Å²) >= 11 is 3.13. The van der Waals surface area contributed by atoms with Crippen LogP contribution in [0.15, 0.2) is 27.8 Å². The molecular weight excluding hydrogens is 317 g/mol. The molecule has 1 aromatic carbocycles. The fourth-order valence-electron chi connectivity index (χ4n) is 1.11. The molecule has 0 heterocycles. The van der Waals surface area contributed by atoms with Gasteiger partial charge in [0, 0.05) is 5.56 Å². The van der Waals surface area contributed by atoms with Crippen molar-refractivity contribution in [2.45, 2.75) is 12.6 Å². The maximum Gasteiger partial charge on any atom is 0.392 e. The van der Waals surface area contributed by atoms with Gasteiger partial charge in [-0.2, -0.15) is 13.2 Å². The summed E-state index contributed by atoms with van der Waals surface area (Å²) in [5.74, 6) is 0.159. The summed E-state index contributed by atoms with van der Waals surface area (Å²) in [5.41, 5.74) is 5.78. The van der Waals surface area contributed by atoms with Gasteiger partial charge in [0.2, 0.25) is 0 Å². The maximum atomic E-state index is 11.9. The Hall–Kier alpha value is -1.44. The molecule has 0 saturated carbocycles. The highest BCUT2D eigenvalue weighted by molar-refractivity contribution is 9.10. The van der Waals surface area contributed by atoms with Crippen molar-refractivity contribution in [1.29, 1.82) is 0 Å². The van der Waals surface area contributed by atoms with E-state index >= 15 is 0 Å². The van der Waals surface area contributed by atoms with Crippen molar-refractivity contribution in [2.24, 2.45) is 10.9 Å². The molecular formula is C10H10BrF3N2O2. The van der Waals surface area contributed by atoms with Gasteiger partial charge in [-0.1, -0.05) is 5.16 Å². The van der Waals surface area contributed by atoms with Gasteiger partial charge in [-0.15, -0.1) is 0 Å². The number of amidine groups is 1. The maximum absolute atomic E-state index is 11.9. The predicted octanol–water partition coefficient (Wildman–Crippen LogP) is 2.87. The van der Waals surface area contributed by atoms with Crippen LogP contribution in [0.25, 0.3) is 0 Å². The van der Waals surface area contributed by atoms with E-state index in [9.17, 15) is 13.2 Å². The fraction of sp³-hybridized carbons (Fsp3) is 0.300. The second-order valence-corrected chi connectivity index (χ2v) is 4.20. The molecule has 0 atom stereocenters. The summed E-state index contributed by atoms with van der Waals surface area (Å²) in [4.78, 5) is 0. The van der Waals surface area contributed by atoms with Crippen LogP contribution in [0.1, 0.15) is 12.0 Å². The average molecular weight is 327 g/mol. The van der Waals surface area contributed by atoms with E-state index in [0.29, 0.717) is 10.0 Å². The molecule has 3 N–H and O–H groups in total. The van der Waals surface area contributed by atoms with Crippen molar-refractivity contribution in [3.8, 4) is 5.75 Å². The minimum Gasteiger partial charge on any atom is -0.492 e. The van der Waals surface area contributed by atoms with Gasteiger partial charge in [0.15, 0.2) is 5.84 Å². The van der Waals surface area contributed by atoms with Crippen molar-refractivity contribution in [3.05, 3.63) is 28.2 Å². The molecule has 4 nitrogen and oxygen atoms in total. The summed E-state index contributed by atoms with van der Waals surface area (Å²) in [7, 11) is 0. The van der Waals surface area contributed by atoms with Crippen LogP contribution in [-0.2, 0) is 0 Å². The van der Waals surface area contributed by atoms with Gasteiger partial charge in [0.1, 0.15) is 5.75 Å². The fourth-order valence-corrected chi connectivity index (χ4v) is 1.60. The Morgan fingerprint density at radius 3 is 2.61 bits per heavy atom. The molecule has 1 aromatic rings. The Kier molecular flexibility index (Phi) is 4.83. The van der Waals surface area contributed by atoms with Crippen LogP contribution in [0.5, 0.6) is 5.75 Å². The average Bonchev–Trinajstić information content (AvgIpc) is 2.28. The molecule has 0 amide bonds. The zero-order chi connectivity index (χ0) is 13.8. The number of hydrogen-bond donors (Lipinski definition) is 2. The van der Waals surface area contributed by atoms with Crippen molar-refractivity contribution < 1.29 is 23.1 Å². The molecule has 0 fully saturated rings. The van der Waals surface area contributed by atoms with Gasteiger partial charge in [-0.25, -0.2) is 0 Å². The molecule has 0 aliphatic heterocycles. The number of oxime groups is 1. The first-order chi connectivity index (χ1) is 8.33. The standard InChI is InChI=1S/C10H10BrF3N2O2/c11-7-5-6(9(15)16-17)1-2-8(7)18-4-3-10(12,13)14/h1-2,5,17H,3-4H2,(H2,15,16). The first-order valence-electron chi connectivity index (χ1n) is 4.80. The Morgan fingerprint density at radius 1 is 1.44 bits per heavy atom. The quantitative estimate of drug-likeness (QED) is 0.387. The van der Waals surface area contributed by atoms with Crippen molar-refractivity contribution in [3.63, 3.8) is 0 Å². The summed E-state index contributed by atoms with van der Waals surface area (Å²) in [6.07, 6.45) is -5.28. The van der Waals surface area contributed by atoms with Gasteiger partial charge < -0.3 is 15.7 Å². The third-order valence-corrected chi connectivity index (χ3v) is 2.60. The third-order valence-electron chi connectivity index (χ3n) is 1.98. The third kappa shape index (κ3) is 4.44. The highest BCUT2D eigenvalue weighted by atomic mass is 79.9. The molecule has 0 aliphatic rings. The van der Waals surface area contributed by atoms with E-state index in [-0.39, 0.29) is 11.6 Å². The lowest BCUT2D eigenvalue weighted by molar-refractivity contribution is -0.139. The van der Waals surface area contributed by atoms with Gasteiger partial charge in [-0.05, 0) is 34.1 Å². The van der Waals surface area contributed by atoms with Crippen LogP contribution in [0, 0.1) is 0 Å². The summed E-state index contributed by atoms with van der Waals surface area (Å²) in [5, 5.41) is 11.3. The lowest BCUT2D eigenvalue weighted by Gasteiger charge is -2.10. The van der Waals surface area contributed by atoms with E-state index in [1.165, 1.54) is 18.2 Å². The number of benzene rings is 1. The number of halogens is 4. The predicted molar refractivity (Wildman–Crippen MR) is 62.8 cm³/mol. The van der Waals surface area contributed by atoms with Gasteiger partial charge >= 0.3 is 6.18 Å². The molecule has 0 spiro atoms. The lowest BCUT2D eigenvalue weighted by atomic mass is 10.2. The number of hydrogen-bond acceptors (Lipinski definition) is 3. The van der Waals surface area contributed by atoms with E-state index in [2.05, 4.69) is 21.1 Å². The number of alkyl halides is 3. The first-order valence-corrected chi connectivity index (χ1v) is 5.60. The monoisotopic (exact) mass is 326 g/mol. The minimum absolute atomic E-state index is 0.0995. The van der Waals surface area contributed by atoms with Crippen LogP contribution >= 0.6 is 15.9 Å². The highest BCUT2D eigenvalue weighted by Crippen LogP contribution is 2.27. The van der Waals surface area contributed by atoms with Gasteiger partial charge in [-0.3, -0.25) is 0 Å². The van der Waals surface area contributed by atoms with E-state index in [1.807, 2.05) is 0 Å². The normalized spacial score (nSPS) is 12.6. The zero-order valence-corrected chi connectivity index (χ0v) is 10.6. The topological polar surface area (TPSA) is 67.8 Å². The number of nitrogens with two attached hydrogens (primary N) is 1. The summed E-state index contributed by atoms with van der Waals surface area (Å²) in [6, 6.07) is 4.40. The molecule has 0 aliphatic carbocycles. The second-order valence-electron chi connectivity index (χ2n) is 3.34. The smallest absolute Gasteiger partial charge is 0.392 e. The summed E-state index contributed by atoms with van der Waals surface area (Å²) < 4.78 is 41.2. The number of nitrogens with zero attached hydrogens (tertiary/aromatic N) is 1. The van der Waals surface area contributed by atoms with Gasteiger partial charge in [0.25, 0.3) is 0 Å². The molecule has 18 heavy (non-hydrogen) atoms. The molecule has 0 saturated heterocycles. The largest absolute Gasteiger partial charge is 0.492 e. The van der Waals surface area contributed by atoms with Crippen molar-refractivity contribution >= 4 is 21.8 Å². The Balaban J connectivity index is 2.69. The second kappa shape index (κ2) is 5.94. The van der Waals surface area contributed by atoms with Crippen LogP contribution in [0.2, 0.25) is 0 Å². The zero-order valence-electron chi connectivity index (χ0n) is 9.04. The molecule has 100 valence electrons. The Labute approximate surface area is 109 Å². The van der Waals surface area contributed by atoms with E-state index in [0.717, 1.165) is 0 Å². The number of rotatable bonds is 4. The Bertz CT molecular complexity index is 449. The van der Waals surface area contributed by atoms with Crippen LogP contribution in [-0.4, -0.2) is 23.8 Å². The first kappa shape index (κ1) is 14.6. The molecule has 0 radical (unpaired) electrons. The van der Waals surface area contributed by atoms with Crippen LogP contribution in [0.4, 0.5) is 13.2 Å². The minimum atomic E-state index is -4.25. The Morgan fingerprint density at radius 2 is 2.11 bits per heavy atom. The molecule has 1 rings (SSSR count). The van der Waals surface area contributed by atoms with E-state index in [4.69, 9.17) is 15.7 Å². The lowest BCUT2D eigenvalue weighted by Crippen LogP contribution is -2.14. The molecule has 0 aromatic heterocycles. The van der Waals surface area contributed by atoms with Crippen molar-refractivity contribution in [1.82, 2.24) is 0 Å². The van der Waals surface area contributed by atoms with E-state index < -0.39 is 19.2 Å².